The van der Waals surface area contributed by atoms with Crippen LogP contribution in [-0.2, 0) is 20.9 Å². The Bertz CT molecular complexity index is 1710. The normalized spacial score (nSPS) is 11.0. The number of amides is 3. The van der Waals surface area contributed by atoms with Gasteiger partial charge in [0.15, 0.2) is 46.5 Å². The van der Waals surface area contributed by atoms with Crippen LogP contribution >= 0.6 is 0 Å². The molecule has 230 valence electrons. The highest BCUT2D eigenvalue weighted by atomic mass is 19.2. The van der Waals surface area contributed by atoms with Crippen molar-refractivity contribution in [3.63, 3.8) is 0 Å². The molecule has 14 heteroatoms. The molecule has 0 aliphatic carbocycles. The summed E-state index contributed by atoms with van der Waals surface area (Å²) in [6.45, 7) is 9.35. The van der Waals surface area contributed by atoms with Crippen LogP contribution in [0.5, 0.6) is 0 Å². The molecule has 3 amide bonds. The number of benzene rings is 3. The molecular formula is C30H21F8N3O3. The molecule has 0 saturated heterocycles. The molecule has 3 N–H and O–H groups in total. The Labute approximate surface area is 244 Å². The Morgan fingerprint density at radius 3 is 1.59 bits per heavy atom. The van der Waals surface area contributed by atoms with E-state index in [-0.39, 0.29) is 17.7 Å². The van der Waals surface area contributed by atoms with Crippen molar-refractivity contribution >= 4 is 35.2 Å². The molecule has 0 radical (unpaired) electrons. The van der Waals surface area contributed by atoms with E-state index in [2.05, 4.69) is 18.5 Å². The van der Waals surface area contributed by atoms with Gasteiger partial charge in [0.05, 0.1) is 11.1 Å². The number of carbonyl (C=O) groups excluding carboxylic acids is 3. The van der Waals surface area contributed by atoms with Gasteiger partial charge in [0.1, 0.15) is 11.4 Å². The van der Waals surface area contributed by atoms with E-state index in [1.807, 2.05) is 0 Å². The maximum atomic E-state index is 14.9. The third-order valence-corrected chi connectivity index (χ3v) is 5.87. The van der Waals surface area contributed by atoms with Gasteiger partial charge < -0.3 is 16.0 Å². The fourth-order valence-electron chi connectivity index (χ4n) is 3.62. The van der Waals surface area contributed by atoms with Crippen LogP contribution in [-0.4, -0.2) is 17.7 Å². The van der Waals surface area contributed by atoms with Gasteiger partial charge in [-0.2, -0.15) is 0 Å². The van der Waals surface area contributed by atoms with Gasteiger partial charge in [0, 0.05) is 23.8 Å². The van der Waals surface area contributed by atoms with E-state index in [4.69, 9.17) is 0 Å². The van der Waals surface area contributed by atoms with Crippen molar-refractivity contribution in [1.29, 1.82) is 0 Å². The van der Waals surface area contributed by atoms with Gasteiger partial charge in [0.2, 0.25) is 11.8 Å². The Hall–Kier alpha value is -5.27. The molecule has 0 fully saturated rings. The van der Waals surface area contributed by atoms with Crippen molar-refractivity contribution < 1.29 is 49.5 Å². The molecule has 6 nitrogen and oxygen atoms in total. The molecule has 0 heterocycles. The maximum absolute atomic E-state index is 14.9. The van der Waals surface area contributed by atoms with Crippen LogP contribution in [0.3, 0.4) is 0 Å². The molecule has 0 bridgehead atoms. The van der Waals surface area contributed by atoms with E-state index < -0.39 is 86.8 Å². The average Bonchev–Trinajstić information content (AvgIpc) is 2.98. The van der Waals surface area contributed by atoms with E-state index in [1.165, 1.54) is 24.4 Å². The van der Waals surface area contributed by atoms with Crippen molar-refractivity contribution in [3.05, 3.63) is 112 Å². The molecular weight excluding hydrogens is 602 g/mol. The Kier molecular flexibility index (Phi) is 10.1. The number of anilines is 2. The van der Waals surface area contributed by atoms with Crippen molar-refractivity contribution in [3.8, 4) is 11.1 Å². The van der Waals surface area contributed by atoms with Crippen molar-refractivity contribution in [1.82, 2.24) is 5.32 Å². The zero-order valence-corrected chi connectivity index (χ0v) is 22.8. The largest absolute Gasteiger partial charge is 0.348 e. The van der Waals surface area contributed by atoms with Gasteiger partial charge >= 0.3 is 0 Å². The van der Waals surface area contributed by atoms with Gasteiger partial charge in [-0.25, -0.2) is 35.1 Å². The second-order valence-electron chi connectivity index (χ2n) is 9.28. The molecule has 3 aromatic carbocycles. The number of halogens is 8. The van der Waals surface area contributed by atoms with Gasteiger partial charge in [-0.05, 0) is 37.1 Å². The first kappa shape index (κ1) is 33.2. The molecule has 3 rings (SSSR count). The molecule has 0 aromatic heterocycles. The summed E-state index contributed by atoms with van der Waals surface area (Å²) in [6, 6.07) is 6.25. The first-order valence-corrected chi connectivity index (χ1v) is 12.3. The molecule has 3 aromatic rings. The quantitative estimate of drug-likeness (QED) is 0.139. The summed E-state index contributed by atoms with van der Waals surface area (Å²) in [5.74, 6) is -22.3. The Morgan fingerprint density at radius 1 is 0.682 bits per heavy atom. The van der Waals surface area contributed by atoms with E-state index in [0.29, 0.717) is 11.1 Å². The molecule has 0 aliphatic rings. The second kappa shape index (κ2) is 13.4. The monoisotopic (exact) mass is 623 g/mol. The zero-order valence-electron chi connectivity index (χ0n) is 22.8. The van der Waals surface area contributed by atoms with Crippen LogP contribution < -0.4 is 16.0 Å². The van der Waals surface area contributed by atoms with Crippen molar-refractivity contribution in [2.75, 3.05) is 10.6 Å². The molecule has 0 atom stereocenters. The Morgan fingerprint density at radius 2 is 1.14 bits per heavy atom. The fraction of sp³-hybridized carbons (Fsp3) is 0.100. The summed E-state index contributed by atoms with van der Waals surface area (Å²) < 4.78 is 118. The first-order chi connectivity index (χ1) is 20.6. The molecule has 0 spiro atoms. The average molecular weight is 624 g/mol. The second-order valence-corrected chi connectivity index (χ2v) is 9.28. The Balaban J connectivity index is 1.94. The minimum Gasteiger partial charge on any atom is -0.348 e. The van der Waals surface area contributed by atoms with Crippen molar-refractivity contribution in [2.24, 2.45) is 0 Å². The smallest absolute Gasteiger partial charge is 0.250 e. The lowest BCUT2D eigenvalue weighted by Crippen LogP contribution is -2.22. The van der Waals surface area contributed by atoms with Gasteiger partial charge in [-0.15, -0.1) is 0 Å². The highest BCUT2D eigenvalue weighted by Gasteiger charge is 2.35. The van der Waals surface area contributed by atoms with Crippen LogP contribution in [0.15, 0.2) is 54.6 Å². The lowest BCUT2D eigenvalue weighted by atomic mass is 10.00. The third-order valence-electron chi connectivity index (χ3n) is 5.87. The van der Waals surface area contributed by atoms with Crippen LogP contribution in [0.1, 0.15) is 25.0 Å². The van der Waals surface area contributed by atoms with Gasteiger partial charge in [-0.1, -0.05) is 31.4 Å². The summed E-state index contributed by atoms with van der Waals surface area (Å²) in [5.41, 5.74) is -6.80. The third kappa shape index (κ3) is 6.85. The fourth-order valence-corrected chi connectivity index (χ4v) is 3.62. The van der Waals surface area contributed by atoms with E-state index in [1.54, 1.807) is 17.4 Å². The summed E-state index contributed by atoms with van der Waals surface area (Å²) >= 11 is 0. The molecule has 0 aliphatic heterocycles. The number of rotatable bonds is 9. The standard InChI is InChI=1S/C30H21F8N3O3/c1-12(2)29(43)39-11-15-7-5-6-14(10-15)8-9-16(42)40-27-23(35)19(31)17(20(32)24(27)36)18-21(33)25(37)28(26(38)22(18)34)41-30(44)13(3)4/h5-10H,1,3,11H2,2,4H3,(H,39,43)(H,40,42)(H,41,44)/b9-8+. The van der Waals surface area contributed by atoms with Gasteiger partial charge in [0.25, 0.3) is 5.91 Å². The molecule has 0 unspecified atom stereocenters. The van der Waals surface area contributed by atoms with Crippen LogP contribution in [0.4, 0.5) is 46.5 Å². The van der Waals surface area contributed by atoms with Crippen molar-refractivity contribution in [2.45, 2.75) is 20.4 Å². The first-order valence-electron chi connectivity index (χ1n) is 12.3. The molecule has 44 heavy (non-hydrogen) atoms. The number of hydrogen-bond donors (Lipinski definition) is 3. The van der Waals surface area contributed by atoms with E-state index in [9.17, 15) is 49.5 Å². The SMILES string of the molecule is C=C(C)C(=O)NCc1cccc(/C=C/C(=O)Nc2c(F)c(F)c(-c3c(F)c(F)c(NC(=O)C(=C)C)c(F)c3F)c(F)c2F)c1. The minimum absolute atomic E-state index is 0.0989. The van der Waals surface area contributed by atoms with Crippen LogP contribution in [0.2, 0.25) is 0 Å². The van der Waals surface area contributed by atoms with Gasteiger partial charge in [-0.3, -0.25) is 14.4 Å². The summed E-state index contributed by atoms with van der Waals surface area (Å²) in [6.07, 6.45) is 1.89. The number of nitrogens with one attached hydrogen (secondary N) is 3. The predicted octanol–water partition coefficient (Wildman–Crippen LogP) is 6.83. The molecule has 0 saturated carbocycles. The number of carbonyl (C=O) groups is 3. The summed E-state index contributed by atoms with van der Waals surface area (Å²) in [4.78, 5) is 35.6. The highest BCUT2D eigenvalue weighted by Crippen LogP contribution is 2.40. The summed E-state index contributed by atoms with van der Waals surface area (Å²) in [5, 5.41) is 5.63. The van der Waals surface area contributed by atoms with Crippen LogP contribution in [0, 0.1) is 46.5 Å². The topological polar surface area (TPSA) is 87.3 Å². The lowest BCUT2D eigenvalue weighted by Gasteiger charge is -2.16. The highest BCUT2D eigenvalue weighted by molar-refractivity contribution is 6.03. The van der Waals surface area contributed by atoms with Crippen LogP contribution in [0.25, 0.3) is 17.2 Å². The summed E-state index contributed by atoms with van der Waals surface area (Å²) in [7, 11) is 0. The number of hydrogen-bond acceptors (Lipinski definition) is 3. The lowest BCUT2D eigenvalue weighted by molar-refractivity contribution is -0.117. The van der Waals surface area contributed by atoms with E-state index in [0.717, 1.165) is 19.1 Å². The predicted molar refractivity (Wildman–Crippen MR) is 146 cm³/mol. The maximum Gasteiger partial charge on any atom is 0.250 e. The minimum atomic E-state index is -2.50. The van der Waals surface area contributed by atoms with E-state index >= 15 is 0 Å². The zero-order chi connectivity index (χ0) is 33.0.